The summed E-state index contributed by atoms with van der Waals surface area (Å²) in [5.41, 5.74) is 0.108. The minimum Gasteiger partial charge on any atom is -0.352 e. The van der Waals surface area contributed by atoms with Crippen LogP contribution in [0.3, 0.4) is 0 Å². The van der Waals surface area contributed by atoms with Gasteiger partial charge in [-0.3, -0.25) is 4.79 Å². The van der Waals surface area contributed by atoms with E-state index in [2.05, 4.69) is 10.6 Å². The summed E-state index contributed by atoms with van der Waals surface area (Å²) in [5, 5.41) is 6.11. The van der Waals surface area contributed by atoms with Crippen molar-refractivity contribution in [2.24, 2.45) is 11.8 Å². The van der Waals surface area contributed by atoms with Gasteiger partial charge >= 0.3 is 0 Å². The first-order valence-corrected chi connectivity index (χ1v) is 6.10. The van der Waals surface area contributed by atoms with Gasteiger partial charge in [-0.1, -0.05) is 12.1 Å². The molecule has 1 saturated heterocycles. The predicted octanol–water partition coefficient (Wildman–Crippen LogP) is 0.841. The van der Waals surface area contributed by atoms with Crippen LogP contribution in [0.1, 0.15) is 5.56 Å². The van der Waals surface area contributed by atoms with Crippen LogP contribution in [-0.2, 0) is 11.2 Å². The fourth-order valence-electron chi connectivity index (χ4n) is 2.73. The average molecular weight is 252 g/mol. The van der Waals surface area contributed by atoms with Crippen molar-refractivity contribution in [1.82, 2.24) is 10.6 Å². The molecule has 1 aliphatic heterocycles. The highest BCUT2D eigenvalue weighted by Crippen LogP contribution is 2.41. The molecule has 0 aromatic heterocycles. The molecule has 2 N–H and O–H groups in total. The number of nitrogens with one attached hydrogen (secondary N) is 2. The van der Waals surface area contributed by atoms with E-state index in [4.69, 9.17) is 0 Å². The molecule has 96 valence electrons. The molecule has 2 atom stereocenters. The van der Waals surface area contributed by atoms with Crippen LogP contribution in [0.5, 0.6) is 0 Å². The van der Waals surface area contributed by atoms with E-state index in [1.54, 1.807) is 0 Å². The number of hydrogen-bond donors (Lipinski definition) is 2. The molecule has 0 spiro atoms. The number of carbonyl (C=O) groups is 1. The number of fused-ring (bicyclic) bond motifs is 1. The van der Waals surface area contributed by atoms with Crippen LogP contribution in [0.2, 0.25) is 0 Å². The topological polar surface area (TPSA) is 41.1 Å². The normalized spacial score (nSPS) is 28.9. The van der Waals surface area contributed by atoms with Crippen LogP contribution < -0.4 is 10.6 Å². The van der Waals surface area contributed by atoms with E-state index in [0.717, 1.165) is 19.2 Å². The maximum Gasteiger partial charge on any atom is 0.224 e. The largest absolute Gasteiger partial charge is 0.352 e. The van der Waals surface area contributed by atoms with Crippen molar-refractivity contribution in [2.75, 3.05) is 13.1 Å². The number of hydrogen-bond acceptors (Lipinski definition) is 2. The van der Waals surface area contributed by atoms with E-state index in [1.165, 1.54) is 12.1 Å². The number of amides is 1. The fourth-order valence-corrected chi connectivity index (χ4v) is 2.73. The van der Waals surface area contributed by atoms with E-state index in [1.807, 2.05) is 0 Å². The molecule has 0 radical (unpaired) electrons. The van der Waals surface area contributed by atoms with Gasteiger partial charge in [0.1, 0.15) is 0 Å². The molecule has 1 aliphatic carbocycles. The summed E-state index contributed by atoms with van der Waals surface area (Å²) < 4.78 is 26.4. The summed E-state index contributed by atoms with van der Waals surface area (Å²) in [6, 6.07) is 4.12. The maximum atomic E-state index is 13.4. The minimum absolute atomic E-state index is 0.104. The molecule has 2 unspecified atom stereocenters. The minimum atomic E-state index is -0.926. The first-order valence-electron chi connectivity index (χ1n) is 6.10. The molecule has 1 amide bonds. The van der Waals surface area contributed by atoms with E-state index < -0.39 is 11.6 Å². The Hall–Kier alpha value is -1.49. The van der Waals surface area contributed by atoms with Gasteiger partial charge in [-0.05, 0) is 17.9 Å². The number of halogens is 2. The Kier molecular flexibility index (Phi) is 2.78. The highest BCUT2D eigenvalue weighted by Gasteiger charge is 2.53. The molecule has 1 saturated carbocycles. The van der Waals surface area contributed by atoms with Gasteiger partial charge in [0.05, 0.1) is 6.42 Å². The zero-order valence-corrected chi connectivity index (χ0v) is 9.75. The molecule has 1 aromatic rings. The summed E-state index contributed by atoms with van der Waals surface area (Å²) in [6.45, 7) is 1.87. The standard InChI is InChI=1S/C13H14F2N2O/c14-10-3-1-2-7(12(10)15)4-11(18)17-13-8-5-16-6-9(8)13/h1-3,8-9,13,16H,4-6H2,(H,17,18). The van der Waals surface area contributed by atoms with Crippen molar-refractivity contribution in [2.45, 2.75) is 12.5 Å². The Bertz CT molecular complexity index is 482. The van der Waals surface area contributed by atoms with Crippen molar-refractivity contribution < 1.29 is 13.6 Å². The van der Waals surface area contributed by atoms with Gasteiger partial charge in [-0.15, -0.1) is 0 Å². The summed E-state index contributed by atoms with van der Waals surface area (Å²) >= 11 is 0. The third-order valence-corrected chi connectivity index (χ3v) is 3.80. The Morgan fingerprint density at radius 2 is 2.06 bits per heavy atom. The highest BCUT2D eigenvalue weighted by atomic mass is 19.2. The van der Waals surface area contributed by atoms with Crippen LogP contribution in [0.25, 0.3) is 0 Å². The Balaban J connectivity index is 1.59. The summed E-state index contributed by atoms with van der Waals surface area (Å²) in [4.78, 5) is 11.7. The summed E-state index contributed by atoms with van der Waals surface area (Å²) in [7, 11) is 0. The van der Waals surface area contributed by atoms with Crippen molar-refractivity contribution in [3.63, 3.8) is 0 Å². The van der Waals surface area contributed by atoms with Gasteiger partial charge in [0.2, 0.25) is 5.91 Å². The van der Waals surface area contributed by atoms with Crippen LogP contribution in [-0.4, -0.2) is 25.0 Å². The first kappa shape index (κ1) is 11.6. The molecule has 1 heterocycles. The zero-order chi connectivity index (χ0) is 12.7. The third-order valence-electron chi connectivity index (χ3n) is 3.80. The smallest absolute Gasteiger partial charge is 0.224 e. The van der Waals surface area contributed by atoms with Gasteiger partial charge in [0, 0.05) is 24.7 Å². The number of piperidine rings is 1. The molecule has 5 heteroatoms. The van der Waals surface area contributed by atoms with Gasteiger partial charge in [0.25, 0.3) is 0 Å². The first-order chi connectivity index (χ1) is 8.66. The van der Waals surface area contributed by atoms with Crippen molar-refractivity contribution in [3.05, 3.63) is 35.4 Å². The quantitative estimate of drug-likeness (QED) is 0.837. The lowest BCUT2D eigenvalue weighted by atomic mass is 10.1. The number of rotatable bonds is 3. The monoisotopic (exact) mass is 252 g/mol. The second kappa shape index (κ2) is 4.31. The lowest BCUT2D eigenvalue weighted by Gasteiger charge is -2.08. The second-order valence-electron chi connectivity index (χ2n) is 4.97. The summed E-state index contributed by atoms with van der Waals surface area (Å²) in [6.07, 6.45) is -0.104. The van der Waals surface area contributed by atoms with E-state index in [0.29, 0.717) is 11.8 Å². The van der Waals surface area contributed by atoms with E-state index in [-0.39, 0.29) is 23.9 Å². The fraction of sp³-hybridized carbons (Fsp3) is 0.462. The van der Waals surface area contributed by atoms with Gasteiger partial charge < -0.3 is 10.6 Å². The van der Waals surface area contributed by atoms with Gasteiger partial charge in [-0.25, -0.2) is 8.78 Å². The molecule has 2 fully saturated rings. The van der Waals surface area contributed by atoms with Gasteiger partial charge in [-0.2, -0.15) is 0 Å². The van der Waals surface area contributed by atoms with Crippen LogP contribution in [0, 0.1) is 23.5 Å². The lowest BCUT2D eigenvalue weighted by molar-refractivity contribution is -0.120. The molecule has 0 bridgehead atoms. The average Bonchev–Trinajstić information content (AvgIpc) is 2.78. The Labute approximate surface area is 104 Å². The lowest BCUT2D eigenvalue weighted by Crippen LogP contribution is -2.33. The molecule has 18 heavy (non-hydrogen) atoms. The van der Waals surface area contributed by atoms with Gasteiger partial charge in [0.15, 0.2) is 11.6 Å². The Morgan fingerprint density at radius 3 is 2.78 bits per heavy atom. The van der Waals surface area contributed by atoms with Crippen LogP contribution >= 0.6 is 0 Å². The maximum absolute atomic E-state index is 13.4. The molecule has 3 rings (SSSR count). The van der Waals surface area contributed by atoms with E-state index in [9.17, 15) is 13.6 Å². The molecule has 3 nitrogen and oxygen atoms in total. The van der Waals surface area contributed by atoms with Crippen molar-refractivity contribution in [3.8, 4) is 0 Å². The SMILES string of the molecule is O=C(Cc1cccc(F)c1F)NC1C2CNCC21. The molecule has 1 aromatic carbocycles. The van der Waals surface area contributed by atoms with Crippen molar-refractivity contribution >= 4 is 5.91 Å². The number of carbonyl (C=O) groups excluding carboxylic acids is 1. The van der Waals surface area contributed by atoms with Crippen molar-refractivity contribution in [1.29, 1.82) is 0 Å². The third kappa shape index (κ3) is 1.99. The van der Waals surface area contributed by atoms with E-state index >= 15 is 0 Å². The molecular weight excluding hydrogens is 238 g/mol. The zero-order valence-electron chi connectivity index (χ0n) is 9.75. The molecule has 2 aliphatic rings. The molecular formula is C13H14F2N2O. The Morgan fingerprint density at radius 1 is 1.33 bits per heavy atom. The predicted molar refractivity (Wildman–Crippen MR) is 61.8 cm³/mol. The summed E-state index contributed by atoms with van der Waals surface area (Å²) in [5.74, 6) is -1.03. The highest BCUT2D eigenvalue weighted by molar-refractivity contribution is 5.79. The number of benzene rings is 1. The second-order valence-corrected chi connectivity index (χ2v) is 4.97. The van der Waals surface area contributed by atoms with Crippen LogP contribution in [0.15, 0.2) is 18.2 Å². The van der Waals surface area contributed by atoms with Crippen LogP contribution in [0.4, 0.5) is 8.78 Å².